The van der Waals surface area contributed by atoms with E-state index in [2.05, 4.69) is 31.2 Å². The van der Waals surface area contributed by atoms with E-state index in [-0.39, 0.29) is 11.7 Å². The van der Waals surface area contributed by atoms with Crippen molar-refractivity contribution in [2.45, 2.75) is 13.3 Å². The summed E-state index contributed by atoms with van der Waals surface area (Å²) in [5, 5.41) is 3.26. The van der Waals surface area contributed by atoms with Crippen LogP contribution in [-0.2, 0) is 6.42 Å². The molecule has 0 atom stereocenters. The second-order valence-corrected chi connectivity index (χ2v) is 7.11. The highest BCUT2D eigenvalue weighted by Gasteiger charge is 2.11. The van der Waals surface area contributed by atoms with E-state index in [9.17, 15) is 9.18 Å². The molecule has 2 aromatic heterocycles. The first-order valence-corrected chi connectivity index (χ1v) is 8.47. The minimum Gasteiger partial charge on any atom is -0.356 e. The quantitative estimate of drug-likeness (QED) is 0.684. The molecule has 23 heavy (non-hydrogen) atoms. The number of thiazole rings is 1. The van der Waals surface area contributed by atoms with Crippen LogP contribution in [0.2, 0.25) is 0 Å². The monoisotopic (exact) mass is 393 g/mol. The van der Waals surface area contributed by atoms with Crippen molar-refractivity contribution < 1.29 is 9.18 Å². The Balaban J connectivity index is 1.68. The SMILES string of the molecule is Cc1ccc(Cc2cnc(NC(=O)c3cc(Br)c[nH]3)s2)cc1F. The Kier molecular flexibility index (Phi) is 4.58. The predicted octanol–water partition coefficient (Wildman–Crippen LogP) is 4.52. The minimum atomic E-state index is -0.252. The van der Waals surface area contributed by atoms with E-state index < -0.39 is 0 Å². The molecule has 4 nitrogen and oxygen atoms in total. The van der Waals surface area contributed by atoms with Crippen LogP contribution in [0.1, 0.15) is 26.5 Å². The molecule has 0 saturated carbocycles. The standard InChI is InChI=1S/C16H13BrFN3OS/c1-9-2-3-10(5-13(9)18)4-12-8-20-16(23-12)21-15(22)14-6-11(17)7-19-14/h2-3,5-8,19H,4H2,1H3,(H,20,21,22). The molecule has 0 radical (unpaired) electrons. The largest absolute Gasteiger partial charge is 0.356 e. The summed E-state index contributed by atoms with van der Waals surface area (Å²) in [6.45, 7) is 1.73. The van der Waals surface area contributed by atoms with Gasteiger partial charge in [-0.3, -0.25) is 10.1 Å². The van der Waals surface area contributed by atoms with Gasteiger partial charge in [0, 0.05) is 28.2 Å². The Morgan fingerprint density at radius 2 is 2.26 bits per heavy atom. The second-order valence-electron chi connectivity index (χ2n) is 5.08. The Morgan fingerprint density at radius 3 is 2.96 bits per heavy atom. The van der Waals surface area contributed by atoms with Crippen molar-refractivity contribution >= 4 is 38.3 Å². The van der Waals surface area contributed by atoms with Crippen molar-refractivity contribution in [3.8, 4) is 0 Å². The molecular formula is C16H13BrFN3OS. The Morgan fingerprint density at radius 1 is 1.43 bits per heavy atom. The van der Waals surface area contributed by atoms with Crippen LogP contribution < -0.4 is 5.32 Å². The number of nitrogens with zero attached hydrogens (tertiary/aromatic N) is 1. The molecule has 0 aliphatic heterocycles. The molecule has 1 amide bonds. The van der Waals surface area contributed by atoms with Crippen LogP contribution in [0, 0.1) is 12.7 Å². The molecular weight excluding hydrogens is 381 g/mol. The molecule has 3 rings (SSSR count). The molecule has 7 heteroatoms. The van der Waals surface area contributed by atoms with Crippen LogP contribution in [0.3, 0.4) is 0 Å². The van der Waals surface area contributed by atoms with Gasteiger partial charge in [-0.25, -0.2) is 9.37 Å². The zero-order valence-electron chi connectivity index (χ0n) is 12.2. The second kappa shape index (κ2) is 6.64. The first kappa shape index (κ1) is 15.9. The van der Waals surface area contributed by atoms with E-state index >= 15 is 0 Å². The molecule has 118 valence electrons. The zero-order chi connectivity index (χ0) is 16.4. The highest BCUT2D eigenvalue weighted by molar-refractivity contribution is 9.10. The van der Waals surface area contributed by atoms with E-state index in [0.29, 0.717) is 22.8 Å². The van der Waals surface area contributed by atoms with E-state index in [1.165, 1.54) is 17.4 Å². The molecule has 3 aromatic rings. The molecule has 0 unspecified atom stereocenters. The van der Waals surface area contributed by atoms with Crippen LogP contribution in [0.5, 0.6) is 0 Å². The van der Waals surface area contributed by atoms with Gasteiger partial charge in [0.2, 0.25) is 0 Å². The molecule has 0 fully saturated rings. The van der Waals surface area contributed by atoms with E-state index in [0.717, 1.165) is 14.9 Å². The van der Waals surface area contributed by atoms with Crippen molar-refractivity contribution in [3.05, 3.63) is 68.6 Å². The average molecular weight is 394 g/mol. The number of aromatic amines is 1. The molecule has 0 saturated heterocycles. The van der Waals surface area contributed by atoms with Crippen molar-refractivity contribution in [1.82, 2.24) is 9.97 Å². The summed E-state index contributed by atoms with van der Waals surface area (Å²) in [7, 11) is 0. The topological polar surface area (TPSA) is 57.8 Å². The number of H-pyrrole nitrogens is 1. The Labute approximate surface area is 144 Å². The van der Waals surface area contributed by atoms with Crippen LogP contribution in [-0.4, -0.2) is 15.9 Å². The number of nitrogens with one attached hydrogen (secondary N) is 2. The minimum absolute atomic E-state index is 0.210. The lowest BCUT2D eigenvalue weighted by molar-refractivity contribution is 0.102. The highest BCUT2D eigenvalue weighted by Crippen LogP contribution is 2.23. The van der Waals surface area contributed by atoms with Crippen LogP contribution in [0.25, 0.3) is 0 Å². The van der Waals surface area contributed by atoms with Crippen molar-refractivity contribution in [1.29, 1.82) is 0 Å². The number of carbonyl (C=O) groups excluding carboxylic acids is 1. The number of amides is 1. The van der Waals surface area contributed by atoms with Gasteiger partial charge in [0.05, 0.1) is 0 Å². The lowest BCUT2D eigenvalue weighted by atomic mass is 10.1. The maximum Gasteiger partial charge on any atom is 0.273 e. The summed E-state index contributed by atoms with van der Waals surface area (Å²) in [4.78, 5) is 20.0. The number of hydrogen-bond acceptors (Lipinski definition) is 3. The number of hydrogen-bond donors (Lipinski definition) is 2. The first-order valence-electron chi connectivity index (χ1n) is 6.86. The first-order chi connectivity index (χ1) is 11.0. The fourth-order valence-corrected chi connectivity index (χ4v) is 3.24. The van der Waals surface area contributed by atoms with Gasteiger partial charge in [-0.2, -0.15) is 0 Å². The summed E-state index contributed by atoms with van der Waals surface area (Å²) in [6, 6.07) is 6.88. The summed E-state index contributed by atoms with van der Waals surface area (Å²) < 4.78 is 14.4. The van der Waals surface area contributed by atoms with E-state index in [1.807, 2.05) is 6.07 Å². The van der Waals surface area contributed by atoms with Gasteiger partial charge in [0.25, 0.3) is 5.91 Å². The number of aryl methyl sites for hydroxylation is 1. The molecule has 0 spiro atoms. The molecule has 2 N–H and O–H groups in total. The summed E-state index contributed by atoms with van der Waals surface area (Å²) in [6.07, 6.45) is 3.97. The molecule has 2 heterocycles. The number of carbonyl (C=O) groups is 1. The third-order valence-electron chi connectivity index (χ3n) is 3.28. The molecule has 1 aromatic carbocycles. The van der Waals surface area contributed by atoms with E-state index in [4.69, 9.17) is 0 Å². The Bertz CT molecular complexity index is 859. The number of benzene rings is 1. The van der Waals surface area contributed by atoms with Crippen LogP contribution >= 0.6 is 27.3 Å². The normalized spacial score (nSPS) is 10.7. The molecule has 0 bridgehead atoms. The van der Waals surface area contributed by atoms with Gasteiger partial charge in [-0.15, -0.1) is 11.3 Å². The van der Waals surface area contributed by atoms with Gasteiger partial charge in [0.15, 0.2) is 5.13 Å². The number of anilines is 1. The van der Waals surface area contributed by atoms with Gasteiger partial charge < -0.3 is 4.98 Å². The summed E-state index contributed by atoms with van der Waals surface area (Å²) in [5.74, 6) is -0.462. The zero-order valence-corrected chi connectivity index (χ0v) is 14.6. The van der Waals surface area contributed by atoms with E-state index in [1.54, 1.807) is 31.5 Å². The fraction of sp³-hybridized carbons (Fsp3) is 0.125. The third-order valence-corrected chi connectivity index (χ3v) is 4.65. The summed E-state index contributed by atoms with van der Waals surface area (Å²) >= 11 is 4.66. The number of aromatic nitrogens is 2. The van der Waals surface area contributed by atoms with Gasteiger partial charge >= 0.3 is 0 Å². The van der Waals surface area contributed by atoms with Gasteiger partial charge in [-0.05, 0) is 46.1 Å². The number of rotatable bonds is 4. The average Bonchev–Trinajstić information content (AvgIpc) is 3.12. The lowest BCUT2D eigenvalue weighted by Gasteiger charge is -2.01. The van der Waals surface area contributed by atoms with Crippen molar-refractivity contribution in [2.24, 2.45) is 0 Å². The smallest absolute Gasteiger partial charge is 0.273 e. The highest BCUT2D eigenvalue weighted by atomic mass is 79.9. The van der Waals surface area contributed by atoms with Crippen LogP contribution in [0.15, 0.2) is 41.1 Å². The van der Waals surface area contributed by atoms with Crippen molar-refractivity contribution in [2.75, 3.05) is 5.32 Å². The van der Waals surface area contributed by atoms with Crippen LogP contribution in [0.4, 0.5) is 9.52 Å². The molecule has 0 aliphatic carbocycles. The maximum atomic E-state index is 13.6. The number of halogens is 2. The van der Waals surface area contributed by atoms with Gasteiger partial charge in [0.1, 0.15) is 11.5 Å². The lowest BCUT2D eigenvalue weighted by Crippen LogP contribution is -2.11. The maximum absolute atomic E-state index is 13.6. The fourth-order valence-electron chi connectivity index (χ4n) is 2.06. The molecule has 0 aliphatic rings. The Hall–Kier alpha value is -1.99. The van der Waals surface area contributed by atoms with Crippen molar-refractivity contribution in [3.63, 3.8) is 0 Å². The summed E-state index contributed by atoms with van der Waals surface area (Å²) in [5.41, 5.74) is 1.96. The third kappa shape index (κ3) is 3.86. The van der Waals surface area contributed by atoms with Gasteiger partial charge in [-0.1, -0.05) is 12.1 Å². The predicted molar refractivity (Wildman–Crippen MR) is 92.5 cm³/mol.